The van der Waals surface area contributed by atoms with Crippen molar-refractivity contribution in [1.29, 1.82) is 0 Å². The molecule has 1 atom stereocenters. The lowest BCUT2D eigenvalue weighted by Gasteiger charge is -2.22. The molecule has 0 N–H and O–H groups in total. The van der Waals surface area contributed by atoms with E-state index in [1.807, 2.05) is 24.3 Å². The maximum absolute atomic E-state index is 13.7. The molecular formula is C27H19BrCl2N2O4S. The van der Waals surface area contributed by atoms with Gasteiger partial charge in [-0.05, 0) is 68.0 Å². The van der Waals surface area contributed by atoms with Crippen LogP contribution in [0.2, 0.25) is 10.0 Å². The Kier molecular flexibility index (Phi) is 7.27. The van der Waals surface area contributed by atoms with E-state index in [0.29, 0.717) is 42.2 Å². The SMILES string of the molecule is CCOC(=O)C1=C(C)N=c2s/c(=C\c3ccc(Br)cc3)c(=O)n2[C@H]1c1ccc(-c2ccc(Cl)c(Cl)c2)o1. The molecule has 10 heteroatoms. The zero-order chi connectivity index (χ0) is 26.3. The number of fused-ring (bicyclic) bond motifs is 1. The van der Waals surface area contributed by atoms with Gasteiger partial charge in [0.15, 0.2) is 4.80 Å². The fraction of sp³-hybridized carbons (Fsp3) is 0.148. The van der Waals surface area contributed by atoms with Crippen molar-refractivity contribution in [2.24, 2.45) is 4.99 Å². The second kappa shape index (κ2) is 10.5. The first kappa shape index (κ1) is 25.7. The van der Waals surface area contributed by atoms with Crippen molar-refractivity contribution in [3.05, 3.63) is 111 Å². The molecule has 2 aromatic carbocycles. The molecule has 6 nitrogen and oxygen atoms in total. The van der Waals surface area contributed by atoms with Gasteiger partial charge in [0.25, 0.3) is 5.56 Å². The van der Waals surface area contributed by atoms with Gasteiger partial charge in [-0.15, -0.1) is 0 Å². The minimum absolute atomic E-state index is 0.184. The Morgan fingerprint density at radius 3 is 2.62 bits per heavy atom. The zero-order valence-corrected chi connectivity index (χ0v) is 23.5. The fourth-order valence-corrected chi connectivity index (χ4v) is 5.68. The number of halogens is 3. The Bertz CT molecular complexity index is 1730. The first-order valence-corrected chi connectivity index (χ1v) is 13.6. The Balaban J connectivity index is 1.68. The summed E-state index contributed by atoms with van der Waals surface area (Å²) in [4.78, 5) is 31.8. The van der Waals surface area contributed by atoms with Gasteiger partial charge in [-0.25, -0.2) is 9.79 Å². The van der Waals surface area contributed by atoms with E-state index in [4.69, 9.17) is 32.4 Å². The Morgan fingerprint density at radius 1 is 1.16 bits per heavy atom. The molecule has 0 bridgehead atoms. The summed E-state index contributed by atoms with van der Waals surface area (Å²) in [7, 11) is 0. The number of carbonyl (C=O) groups excluding carboxylic acids is 1. The predicted molar refractivity (Wildman–Crippen MR) is 149 cm³/mol. The predicted octanol–water partition coefficient (Wildman–Crippen LogP) is 6.13. The summed E-state index contributed by atoms with van der Waals surface area (Å²) in [5.41, 5.74) is 2.01. The van der Waals surface area contributed by atoms with E-state index in [1.54, 1.807) is 50.3 Å². The summed E-state index contributed by atoms with van der Waals surface area (Å²) >= 11 is 16.9. The van der Waals surface area contributed by atoms with Crippen LogP contribution in [-0.4, -0.2) is 17.1 Å². The highest BCUT2D eigenvalue weighted by atomic mass is 79.9. The van der Waals surface area contributed by atoms with E-state index >= 15 is 0 Å². The van der Waals surface area contributed by atoms with Crippen LogP contribution >= 0.6 is 50.5 Å². The number of benzene rings is 2. The van der Waals surface area contributed by atoms with Crippen LogP contribution in [-0.2, 0) is 9.53 Å². The molecule has 2 aromatic heterocycles. The van der Waals surface area contributed by atoms with Crippen LogP contribution in [0.3, 0.4) is 0 Å². The normalized spacial score (nSPS) is 15.5. The lowest BCUT2D eigenvalue weighted by molar-refractivity contribution is -0.139. The molecule has 188 valence electrons. The summed E-state index contributed by atoms with van der Waals surface area (Å²) in [6.45, 7) is 3.64. The number of thiazole rings is 1. The molecule has 0 radical (unpaired) electrons. The number of aromatic nitrogens is 1. The van der Waals surface area contributed by atoms with E-state index in [9.17, 15) is 9.59 Å². The highest BCUT2D eigenvalue weighted by Gasteiger charge is 2.35. The maximum Gasteiger partial charge on any atom is 0.338 e. The quantitative estimate of drug-likeness (QED) is 0.253. The van der Waals surface area contributed by atoms with Crippen molar-refractivity contribution in [1.82, 2.24) is 4.57 Å². The molecule has 4 aromatic rings. The van der Waals surface area contributed by atoms with Crippen molar-refractivity contribution < 1.29 is 13.9 Å². The standard InChI is InChI=1S/C27H19BrCl2N2O4S/c1-3-35-26(34)23-14(2)31-27-32(25(33)22(37-27)12-15-4-7-17(28)8-5-15)24(23)21-11-10-20(36-21)16-6-9-18(29)19(30)13-16/h4-13,24H,3H2,1-2H3/b22-12-/t24-/m0/s1. The molecule has 1 aliphatic rings. The molecule has 0 saturated heterocycles. The van der Waals surface area contributed by atoms with Crippen LogP contribution in [0.15, 0.2) is 84.5 Å². The molecular weight excluding hydrogens is 599 g/mol. The lowest BCUT2D eigenvalue weighted by Crippen LogP contribution is -2.39. The van der Waals surface area contributed by atoms with Gasteiger partial charge in [-0.3, -0.25) is 9.36 Å². The number of allylic oxidation sites excluding steroid dienone is 1. The molecule has 1 aliphatic heterocycles. The van der Waals surface area contributed by atoms with E-state index in [0.717, 1.165) is 10.0 Å². The summed E-state index contributed by atoms with van der Waals surface area (Å²) in [5.74, 6) is 0.363. The molecule has 0 unspecified atom stereocenters. The highest BCUT2D eigenvalue weighted by molar-refractivity contribution is 9.10. The summed E-state index contributed by atoms with van der Waals surface area (Å²) in [5, 5.41) is 0.819. The third-order valence-electron chi connectivity index (χ3n) is 5.79. The van der Waals surface area contributed by atoms with Crippen molar-refractivity contribution in [3.63, 3.8) is 0 Å². The van der Waals surface area contributed by atoms with Gasteiger partial charge in [0.1, 0.15) is 17.6 Å². The Hall–Kier alpha value is -2.91. The minimum Gasteiger partial charge on any atom is -0.463 e. The number of furan rings is 1. The average Bonchev–Trinajstić information content (AvgIpc) is 3.47. The Labute approximate surface area is 234 Å². The van der Waals surface area contributed by atoms with Crippen molar-refractivity contribution in [2.45, 2.75) is 19.9 Å². The number of hydrogen-bond acceptors (Lipinski definition) is 6. The smallest absolute Gasteiger partial charge is 0.338 e. The van der Waals surface area contributed by atoms with Gasteiger partial charge in [0.05, 0.1) is 32.5 Å². The monoisotopic (exact) mass is 616 g/mol. The summed E-state index contributed by atoms with van der Waals surface area (Å²) in [6.07, 6.45) is 1.81. The summed E-state index contributed by atoms with van der Waals surface area (Å²) < 4.78 is 14.5. The van der Waals surface area contributed by atoms with E-state index in [2.05, 4.69) is 20.9 Å². The number of hydrogen-bond donors (Lipinski definition) is 0. The second-order valence-electron chi connectivity index (χ2n) is 8.18. The Morgan fingerprint density at radius 2 is 1.92 bits per heavy atom. The topological polar surface area (TPSA) is 73.8 Å². The van der Waals surface area contributed by atoms with Gasteiger partial charge >= 0.3 is 5.97 Å². The molecule has 0 aliphatic carbocycles. The van der Waals surface area contributed by atoms with Crippen LogP contribution in [0.1, 0.15) is 31.2 Å². The molecule has 0 fully saturated rings. The first-order chi connectivity index (χ1) is 17.8. The highest BCUT2D eigenvalue weighted by Crippen LogP contribution is 2.35. The number of ether oxygens (including phenoxy) is 1. The van der Waals surface area contributed by atoms with Crippen LogP contribution in [0.25, 0.3) is 17.4 Å². The van der Waals surface area contributed by atoms with Gasteiger partial charge in [-0.2, -0.15) is 0 Å². The largest absolute Gasteiger partial charge is 0.463 e. The number of nitrogens with zero attached hydrogens (tertiary/aromatic N) is 2. The number of esters is 1. The average molecular weight is 618 g/mol. The molecule has 5 rings (SSSR count). The first-order valence-electron chi connectivity index (χ1n) is 11.3. The van der Waals surface area contributed by atoms with Gasteiger partial charge in [-0.1, -0.05) is 62.6 Å². The van der Waals surface area contributed by atoms with Crippen molar-refractivity contribution in [3.8, 4) is 11.3 Å². The van der Waals surface area contributed by atoms with E-state index in [1.165, 1.54) is 15.9 Å². The van der Waals surface area contributed by atoms with E-state index in [-0.39, 0.29) is 17.7 Å². The van der Waals surface area contributed by atoms with Crippen LogP contribution < -0.4 is 14.9 Å². The van der Waals surface area contributed by atoms with Crippen LogP contribution in [0, 0.1) is 0 Å². The number of rotatable bonds is 5. The summed E-state index contributed by atoms with van der Waals surface area (Å²) in [6, 6.07) is 15.5. The van der Waals surface area contributed by atoms with Crippen LogP contribution in [0.4, 0.5) is 0 Å². The maximum atomic E-state index is 13.7. The molecule has 0 spiro atoms. The molecule has 3 heterocycles. The fourth-order valence-electron chi connectivity index (χ4n) is 4.08. The lowest BCUT2D eigenvalue weighted by atomic mass is 10.0. The molecule has 0 saturated carbocycles. The second-order valence-corrected chi connectivity index (χ2v) is 10.9. The molecule has 37 heavy (non-hydrogen) atoms. The third kappa shape index (κ3) is 4.99. The van der Waals surface area contributed by atoms with Crippen LogP contribution in [0.5, 0.6) is 0 Å². The third-order valence-corrected chi connectivity index (χ3v) is 8.04. The van der Waals surface area contributed by atoms with Crippen molar-refractivity contribution >= 4 is 62.5 Å². The number of carbonyl (C=O) groups is 1. The van der Waals surface area contributed by atoms with Gasteiger partial charge < -0.3 is 9.15 Å². The van der Waals surface area contributed by atoms with Crippen molar-refractivity contribution in [2.75, 3.05) is 6.61 Å². The zero-order valence-electron chi connectivity index (χ0n) is 19.6. The van der Waals surface area contributed by atoms with Gasteiger partial charge in [0, 0.05) is 10.0 Å². The van der Waals surface area contributed by atoms with Gasteiger partial charge in [0.2, 0.25) is 0 Å². The minimum atomic E-state index is -0.848. The van der Waals surface area contributed by atoms with E-state index < -0.39 is 12.0 Å². The molecule has 0 amide bonds.